The maximum absolute atomic E-state index is 12.4. The standard InChI is InChI=1S/C21H24N4O2/c1-3-4-13-27-19-7-5-17(6-8-19)21(26)23-15-18-14-20(24-25(18)2)16-9-11-22-12-10-16/h5-12,14H,3-4,13,15H2,1-2H3,(H,23,26). The van der Waals surface area contributed by atoms with Gasteiger partial charge in [0.15, 0.2) is 0 Å². The van der Waals surface area contributed by atoms with Gasteiger partial charge in [-0.15, -0.1) is 0 Å². The van der Waals surface area contributed by atoms with Crippen molar-refractivity contribution >= 4 is 5.91 Å². The van der Waals surface area contributed by atoms with Crippen LogP contribution in [-0.2, 0) is 13.6 Å². The zero-order valence-corrected chi connectivity index (χ0v) is 15.7. The van der Waals surface area contributed by atoms with E-state index in [0.29, 0.717) is 18.7 Å². The number of carbonyl (C=O) groups is 1. The van der Waals surface area contributed by atoms with Crippen LogP contribution in [0, 0.1) is 0 Å². The summed E-state index contributed by atoms with van der Waals surface area (Å²) >= 11 is 0. The van der Waals surface area contributed by atoms with Gasteiger partial charge in [0.05, 0.1) is 24.5 Å². The Balaban J connectivity index is 1.58. The van der Waals surface area contributed by atoms with E-state index in [9.17, 15) is 4.79 Å². The number of ether oxygens (including phenoxy) is 1. The average Bonchev–Trinajstić information content (AvgIpc) is 3.08. The van der Waals surface area contributed by atoms with Crippen LogP contribution in [0.25, 0.3) is 11.3 Å². The highest BCUT2D eigenvalue weighted by atomic mass is 16.5. The Kier molecular flexibility index (Phi) is 6.20. The summed E-state index contributed by atoms with van der Waals surface area (Å²) < 4.78 is 7.40. The minimum absolute atomic E-state index is 0.123. The fourth-order valence-electron chi connectivity index (χ4n) is 2.64. The first-order valence-electron chi connectivity index (χ1n) is 9.11. The Morgan fingerprint density at radius 2 is 1.89 bits per heavy atom. The van der Waals surface area contributed by atoms with Crippen molar-refractivity contribution < 1.29 is 9.53 Å². The first kappa shape index (κ1) is 18.6. The van der Waals surface area contributed by atoms with E-state index in [4.69, 9.17) is 4.74 Å². The molecule has 2 aromatic heterocycles. The third kappa shape index (κ3) is 4.94. The number of aromatic nitrogens is 3. The Hall–Kier alpha value is -3.15. The molecule has 0 aliphatic rings. The maximum Gasteiger partial charge on any atom is 0.251 e. The summed E-state index contributed by atoms with van der Waals surface area (Å²) in [6.07, 6.45) is 5.59. The average molecular weight is 364 g/mol. The molecule has 1 aromatic carbocycles. The molecule has 1 amide bonds. The van der Waals surface area contributed by atoms with Crippen LogP contribution in [0.15, 0.2) is 54.9 Å². The Morgan fingerprint density at radius 1 is 1.15 bits per heavy atom. The molecular formula is C21H24N4O2. The van der Waals surface area contributed by atoms with Gasteiger partial charge in [0, 0.05) is 30.6 Å². The van der Waals surface area contributed by atoms with Crippen molar-refractivity contribution in [1.29, 1.82) is 0 Å². The number of amides is 1. The Morgan fingerprint density at radius 3 is 2.59 bits per heavy atom. The molecule has 140 valence electrons. The number of rotatable bonds is 8. The van der Waals surface area contributed by atoms with Crippen molar-refractivity contribution in [2.45, 2.75) is 26.3 Å². The SMILES string of the molecule is CCCCOc1ccc(C(=O)NCc2cc(-c3ccncc3)nn2C)cc1. The summed E-state index contributed by atoms with van der Waals surface area (Å²) in [5.41, 5.74) is 3.39. The molecule has 1 N–H and O–H groups in total. The topological polar surface area (TPSA) is 69.0 Å². The molecule has 0 fully saturated rings. The van der Waals surface area contributed by atoms with E-state index in [2.05, 4.69) is 22.3 Å². The summed E-state index contributed by atoms with van der Waals surface area (Å²) in [5.74, 6) is 0.662. The van der Waals surface area contributed by atoms with Crippen molar-refractivity contribution in [3.8, 4) is 17.0 Å². The second-order valence-corrected chi connectivity index (χ2v) is 6.29. The summed E-state index contributed by atoms with van der Waals surface area (Å²) in [7, 11) is 1.87. The molecule has 0 aliphatic heterocycles. The van der Waals surface area contributed by atoms with Crippen molar-refractivity contribution in [1.82, 2.24) is 20.1 Å². The van der Waals surface area contributed by atoms with E-state index >= 15 is 0 Å². The van der Waals surface area contributed by atoms with E-state index in [0.717, 1.165) is 35.5 Å². The summed E-state index contributed by atoms with van der Waals surface area (Å²) in [6.45, 7) is 3.23. The normalized spacial score (nSPS) is 10.6. The zero-order chi connectivity index (χ0) is 19.1. The number of carbonyl (C=O) groups excluding carboxylic acids is 1. The molecule has 3 rings (SSSR count). The van der Waals surface area contributed by atoms with E-state index < -0.39 is 0 Å². The number of benzene rings is 1. The molecule has 6 heteroatoms. The van der Waals surface area contributed by atoms with Crippen LogP contribution in [0.3, 0.4) is 0 Å². The van der Waals surface area contributed by atoms with E-state index in [1.807, 2.05) is 37.4 Å². The number of aryl methyl sites for hydroxylation is 1. The van der Waals surface area contributed by atoms with Crippen LogP contribution in [0.4, 0.5) is 0 Å². The second kappa shape index (κ2) is 8.98. The Bertz CT molecular complexity index is 873. The summed E-state index contributed by atoms with van der Waals surface area (Å²) in [5, 5.41) is 7.44. The number of hydrogen-bond donors (Lipinski definition) is 1. The third-order valence-electron chi connectivity index (χ3n) is 4.27. The third-order valence-corrected chi connectivity index (χ3v) is 4.27. The molecule has 0 saturated heterocycles. The van der Waals surface area contributed by atoms with E-state index in [1.54, 1.807) is 29.2 Å². The molecule has 0 bridgehead atoms. The van der Waals surface area contributed by atoms with Gasteiger partial charge in [0.2, 0.25) is 0 Å². The molecule has 0 saturated carbocycles. The molecule has 3 aromatic rings. The molecule has 0 aliphatic carbocycles. The minimum atomic E-state index is -0.123. The first-order chi connectivity index (χ1) is 13.2. The van der Waals surface area contributed by atoms with Gasteiger partial charge in [-0.05, 0) is 48.9 Å². The molecule has 6 nitrogen and oxygen atoms in total. The fraction of sp³-hybridized carbons (Fsp3) is 0.286. The number of unbranched alkanes of at least 4 members (excludes halogenated alkanes) is 1. The lowest BCUT2D eigenvalue weighted by Gasteiger charge is -2.08. The number of hydrogen-bond acceptors (Lipinski definition) is 4. The van der Waals surface area contributed by atoms with Gasteiger partial charge in [-0.3, -0.25) is 14.5 Å². The van der Waals surface area contributed by atoms with Crippen molar-refractivity contribution in [2.24, 2.45) is 7.05 Å². The lowest BCUT2D eigenvalue weighted by molar-refractivity contribution is 0.0950. The summed E-state index contributed by atoms with van der Waals surface area (Å²) in [6, 6.07) is 13.0. The molecule has 2 heterocycles. The van der Waals surface area contributed by atoms with Crippen LogP contribution in [0.1, 0.15) is 35.8 Å². The van der Waals surface area contributed by atoms with Gasteiger partial charge in [0.25, 0.3) is 5.91 Å². The highest BCUT2D eigenvalue weighted by Crippen LogP contribution is 2.18. The predicted octanol–water partition coefficient (Wildman–Crippen LogP) is 3.59. The molecule has 0 atom stereocenters. The number of pyridine rings is 1. The quantitative estimate of drug-likeness (QED) is 0.620. The van der Waals surface area contributed by atoms with Crippen LogP contribution in [0.5, 0.6) is 5.75 Å². The van der Waals surface area contributed by atoms with E-state index in [1.165, 1.54) is 0 Å². The van der Waals surface area contributed by atoms with Crippen LogP contribution >= 0.6 is 0 Å². The van der Waals surface area contributed by atoms with Gasteiger partial charge in [0.1, 0.15) is 5.75 Å². The van der Waals surface area contributed by atoms with Crippen LogP contribution in [0.2, 0.25) is 0 Å². The van der Waals surface area contributed by atoms with Crippen molar-refractivity contribution in [2.75, 3.05) is 6.61 Å². The highest BCUT2D eigenvalue weighted by Gasteiger charge is 2.10. The highest BCUT2D eigenvalue weighted by molar-refractivity contribution is 5.94. The molecule has 0 spiro atoms. The minimum Gasteiger partial charge on any atom is -0.494 e. The first-order valence-corrected chi connectivity index (χ1v) is 9.11. The van der Waals surface area contributed by atoms with Crippen LogP contribution < -0.4 is 10.1 Å². The largest absolute Gasteiger partial charge is 0.494 e. The molecule has 0 unspecified atom stereocenters. The monoisotopic (exact) mass is 364 g/mol. The van der Waals surface area contributed by atoms with Gasteiger partial charge >= 0.3 is 0 Å². The lowest BCUT2D eigenvalue weighted by atomic mass is 10.2. The van der Waals surface area contributed by atoms with Gasteiger partial charge in [-0.25, -0.2) is 0 Å². The van der Waals surface area contributed by atoms with Gasteiger partial charge < -0.3 is 10.1 Å². The maximum atomic E-state index is 12.4. The van der Waals surface area contributed by atoms with Crippen molar-refractivity contribution in [3.63, 3.8) is 0 Å². The van der Waals surface area contributed by atoms with Crippen LogP contribution in [-0.4, -0.2) is 27.3 Å². The van der Waals surface area contributed by atoms with Crippen molar-refractivity contribution in [3.05, 3.63) is 66.1 Å². The van der Waals surface area contributed by atoms with E-state index in [-0.39, 0.29) is 5.91 Å². The molecular weight excluding hydrogens is 340 g/mol. The predicted molar refractivity (Wildman–Crippen MR) is 104 cm³/mol. The second-order valence-electron chi connectivity index (χ2n) is 6.29. The summed E-state index contributed by atoms with van der Waals surface area (Å²) in [4.78, 5) is 16.4. The lowest BCUT2D eigenvalue weighted by Crippen LogP contribution is -2.23. The fourth-order valence-corrected chi connectivity index (χ4v) is 2.64. The molecule has 27 heavy (non-hydrogen) atoms. The number of nitrogens with zero attached hydrogens (tertiary/aromatic N) is 3. The number of nitrogens with one attached hydrogen (secondary N) is 1. The molecule has 0 radical (unpaired) electrons. The van der Waals surface area contributed by atoms with Gasteiger partial charge in [-0.1, -0.05) is 13.3 Å². The smallest absolute Gasteiger partial charge is 0.251 e. The zero-order valence-electron chi connectivity index (χ0n) is 15.7. The Labute approximate surface area is 159 Å². The van der Waals surface area contributed by atoms with Gasteiger partial charge in [-0.2, -0.15) is 5.10 Å².